The minimum absolute atomic E-state index is 0.00565. The van der Waals surface area contributed by atoms with Crippen LogP contribution in [-0.4, -0.2) is 47.3 Å². The summed E-state index contributed by atoms with van der Waals surface area (Å²) in [6, 6.07) is 6.53. The van der Waals surface area contributed by atoms with Crippen molar-refractivity contribution >= 4 is 35.0 Å². The fourth-order valence-electron chi connectivity index (χ4n) is 4.23. The quantitative estimate of drug-likeness (QED) is 0.384. The number of hydrogen-bond acceptors (Lipinski definition) is 6. The van der Waals surface area contributed by atoms with Gasteiger partial charge in [0.2, 0.25) is 11.8 Å². The Morgan fingerprint density at radius 2 is 1.54 bits per heavy atom. The monoisotopic (exact) mass is 515 g/mol. The van der Waals surface area contributed by atoms with E-state index in [4.69, 9.17) is 4.84 Å². The lowest BCUT2D eigenvalue weighted by molar-refractivity contribution is -0.137. The Bertz CT molecular complexity index is 949. The van der Waals surface area contributed by atoms with E-state index in [2.05, 4.69) is 10.8 Å². The number of amides is 3. The van der Waals surface area contributed by atoms with E-state index in [1.54, 1.807) is 36.1 Å². The fraction of sp³-hybridized carbons (Fsp3) is 0.607. The molecule has 204 valence electrons. The van der Waals surface area contributed by atoms with Gasteiger partial charge in [-0.3, -0.25) is 24.0 Å². The highest BCUT2D eigenvalue weighted by Crippen LogP contribution is 2.22. The zero-order chi connectivity index (χ0) is 27.5. The van der Waals surface area contributed by atoms with E-state index in [9.17, 15) is 24.0 Å². The third kappa shape index (κ3) is 10.3. The average Bonchev–Trinajstić information content (AvgIpc) is 2.86. The zero-order valence-corrected chi connectivity index (χ0v) is 22.7. The second kappa shape index (κ2) is 14.5. The lowest BCUT2D eigenvalue weighted by Crippen LogP contribution is -2.41. The first-order valence-electron chi connectivity index (χ1n) is 13.2. The van der Waals surface area contributed by atoms with Crippen LogP contribution < -0.4 is 15.6 Å². The molecule has 0 spiro atoms. The van der Waals surface area contributed by atoms with Gasteiger partial charge in [0, 0.05) is 62.2 Å². The molecule has 0 radical (unpaired) electrons. The third-order valence-electron chi connectivity index (χ3n) is 6.42. The molecule has 1 saturated heterocycles. The molecule has 9 heteroatoms. The maximum atomic E-state index is 12.5. The number of likely N-dealkylation sites (tertiary alicyclic amines) is 1. The number of Topliss-reactive ketones (excluding diaryl/α,β-unsaturated/α-hetero) is 2. The molecule has 1 aliphatic rings. The summed E-state index contributed by atoms with van der Waals surface area (Å²) in [7, 11) is 0. The molecule has 0 unspecified atom stereocenters. The molecule has 0 bridgehead atoms. The van der Waals surface area contributed by atoms with E-state index in [-0.39, 0.29) is 66.3 Å². The van der Waals surface area contributed by atoms with Gasteiger partial charge in [0.1, 0.15) is 11.6 Å². The van der Waals surface area contributed by atoms with Crippen LogP contribution >= 0.6 is 0 Å². The van der Waals surface area contributed by atoms with Gasteiger partial charge in [0.05, 0.1) is 0 Å². The van der Waals surface area contributed by atoms with Crippen molar-refractivity contribution < 1.29 is 28.8 Å². The molecule has 1 aromatic rings. The number of piperidine rings is 1. The number of benzene rings is 1. The summed E-state index contributed by atoms with van der Waals surface area (Å²) < 4.78 is 0. The van der Waals surface area contributed by atoms with Crippen molar-refractivity contribution in [2.75, 3.05) is 18.4 Å². The van der Waals surface area contributed by atoms with Gasteiger partial charge < -0.3 is 15.1 Å². The fourth-order valence-corrected chi connectivity index (χ4v) is 4.23. The Morgan fingerprint density at radius 3 is 2.11 bits per heavy atom. The summed E-state index contributed by atoms with van der Waals surface area (Å²) in [6.45, 7) is 10.4. The van der Waals surface area contributed by atoms with Crippen molar-refractivity contribution in [1.29, 1.82) is 0 Å². The van der Waals surface area contributed by atoms with Gasteiger partial charge in [-0.15, -0.1) is 0 Å². The van der Waals surface area contributed by atoms with E-state index < -0.39 is 5.92 Å². The molecule has 2 N–H and O–H groups in total. The van der Waals surface area contributed by atoms with Crippen molar-refractivity contribution in [3.8, 4) is 5.75 Å². The number of rotatable bonds is 13. The number of ketones is 2. The zero-order valence-electron chi connectivity index (χ0n) is 22.7. The van der Waals surface area contributed by atoms with Gasteiger partial charge >= 0.3 is 0 Å². The number of anilines is 1. The highest BCUT2D eigenvalue weighted by molar-refractivity contribution is 5.95. The molecule has 0 saturated carbocycles. The summed E-state index contributed by atoms with van der Waals surface area (Å²) in [5.74, 6) is -0.345. The summed E-state index contributed by atoms with van der Waals surface area (Å²) >= 11 is 0. The molecule has 37 heavy (non-hydrogen) atoms. The summed E-state index contributed by atoms with van der Waals surface area (Å²) in [5.41, 5.74) is 2.92. The number of nitrogens with one attached hydrogen (secondary N) is 2. The predicted octanol–water partition coefficient (Wildman–Crippen LogP) is 3.92. The number of carbonyl (C=O) groups excluding carboxylic acids is 5. The largest absolute Gasteiger partial charge is 0.380 e. The molecule has 0 aliphatic carbocycles. The van der Waals surface area contributed by atoms with Crippen LogP contribution in [0.3, 0.4) is 0 Å². The first kappa shape index (κ1) is 30.0. The molecule has 1 aliphatic heterocycles. The molecule has 0 aromatic heterocycles. The van der Waals surface area contributed by atoms with Crippen LogP contribution in [0.15, 0.2) is 24.3 Å². The topological polar surface area (TPSA) is 122 Å². The standard InChI is InChI=1S/C28H41N3O6/c1-18(2)16-25(33)30-37-24-9-6-22(7-10-24)29-28(36)20(5)17-23(32)8-11-26(34)31-14-12-21(13-15-31)27(35)19(3)4/h6-7,9-10,18-21H,8,11-17H2,1-5H3,(H,29,36)(H,30,33)/t20-/m1/s1. The minimum Gasteiger partial charge on any atom is -0.380 e. The van der Waals surface area contributed by atoms with E-state index in [1.807, 2.05) is 27.7 Å². The summed E-state index contributed by atoms with van der Waals surface area (Å²) in [6.07, 6.45) is 1.97. The van der Waals surface area contributed by atoms with Gasteiger partial charge in [-0.05, 0) is 43.0 Å². The van der Waals surface area contributed by atoms with Crippen LogP contribution in [0, 0.1) is 23.7 Å². The highest BCUT2D eigenvalue weighted by Gasteiger charge is 2.28. The lowest BCUT2D eigenvalue weighted by atomic mass is 9.87. The Labute approximate surface area is 219 Å². The molecule has 2 rings (SSSR count). The van der Waals surface area contributed by atoms with Crippen LogP contribution in [0.2, 0.25) is 0 Å². The van der Waals surface area contributed by atoms with E-state index in [0.717, 1.165) is 0 Å². The number of nitrogens with zero attached hydrogens (tertiary/aromatic N) is 1. The van der Waals surface area contributed by atoms with E-state index >= 15 is 0 Å². The summed E-state index contributed by atoms with van der Waals surface area (Å²) in [4.78, 5) is 68.2. The van der Waals surface area contributed by atoms with Crippen LogP contribution in [0.25, 0.3) is 0 Å². The molecule has 1 heterocycles. The first-order chi connectivity index (χ1) is 17.5. The molecule has 1 fully saturated rings. The molecule has 1 atom stereocenters. The van der Waals surface area contributed by atoms with Crippen LogP contribution in [0.1, 0.15) is 73.1 Å². The van der Waals surface area contributed by atoms with Crippen molar-refractivity contribution in [2.24, 2.45) is 23.7 Å². The first-order valence-corrected chi connectivity index (χ1v) is 13.2. The number of carbonyl (C=O) groups is 5. The lowest BCUT2D eigenvalue weighted by Gasteiger charge is -2.32. The van der Waals surface area contributed by atoms with Gasteiger partial charge in [0.15, 0.2) is 5.75 Å². The summed E-state index contributed by atoms with van der Waals surface area (Å²) in [5, 5.41) is 2.77. The van der Waals surface area contributed by atoms with Gasteiger partial charge in [-0.25, -0.2) is 0 Å². The van der Waals surface area contributed by atoms with Gasteiger partial charge in [-0.2, -0.15) is 5.48 Å². The SMILES string of the molecule is CC(C)CC(=O)NOc1ccc(NC(=O)[C@H](C)CC(=O)CCC(=O)N2CCC(C(=O)C(C)C)CC2)cc1. The maximum Gasteiger partial charge on any atom is 0.252 e. The van der Waals surface area contributed by atoms with Gasteiger partial charge in [0.25, 0.3) is 5.91 Å². The van der Waals surface area contributed by atoms with E-state index in [0.29, 0.717) is 43.8 Å². The molecular weight excluding hydrogens is 474 g/mol. The smallest absolute Gasteiger partial charge is 0.252 e. The minimum atomic E-state index is -0.549. The highest BCUT2D eigenvalue weighted by atomic mass is 16.7. The van der Waals surface area contributed by atoms with Crippen LogP contribution in [-0.2, 0) is 24.0 Å². The Balaban J connectivity index is 1.70. The second-order valence-electron chi connectivity index (χ2n) is 10.6. The molecule has 9 nitrogen and oxygen atoms in total. The van der Waals surface area contributed by atoms with E-state index in [1.165, 1.54) is 0 Å². The average molecular weight is 516 g/mol. The van der Waals surface area contributed by atoms with Crippen molar-refractivity contribution in [3.05, 3.63) is 24.3 Å². The molecular formula is C28H41N3O6. The van der Waals surface area contributed by atoms with Crippen molar-refractivity contribution in [3.63, 3.8) is 0 Å². The second-order valence-corrected chi connectivity index (χ2v) is 10.6. The Morgan fingerprint density at radius 1 is 0.919 bits per heavy atom. The normalized spacial score (nSPS) is 14.8. The van der Waals surface area contributed by atoms with Crippen LogP contribution in [0.4, 0.5) is 5.69 Å². The Kier molecular flexibility index (Phi) is 11.8. The molecule has 1 aromatic carbocycles. The van der Waals surface area contributed by atoms with Crippen molar-refractivity contribution in [1.82, 2.24) is 10.4 Å². The molecule has 3 amide bonds. The van der Waals surface area contributed by atoms with Gasteiger partial charge in [-0.1, -0.05) is 34.6 Å². The Hall–Kier alpha value is -3.23. The van der Waals surface area contributed by atoms with Crippen molar-refractivity contribution in [2.45, 2.75) is 73.1 Å². The predicted molar refractivity (Wildman–Crippen MR) is 140 cm³/mol. The third-order valence-corrected chi connectivity index (χ3v) is 6.42. The number of hydroxylamine groups is 1. The maximum absolute atomic E-state index is 12.5. The van der Waals surface area contributed by atoms with Crippen LogP contribution in [0.5, 0.6) is 5.75 Å². The number of hydrogen-bond donors (Lipinski definition) is 2.